The zero-order valence-electron chi connectivity index (χ0n) is 14.7. The van der Waals surface area contributed by atoms with Crippen molar-refractivity contribution in [3.8, 4) is 5.75 Å². The molecule has 3 rings (SSSR count). The Morgan fingerprint density at radius 3 is 2.52 bits per heavy atom. The second-order valence-corrected chi connectivity index (χ2v) is 7.17. The Labute approximate surface area is 166 Å². The molecule has 1 aromatic heterocycles. The van der Waals surface area contributed by atoms with Gasteiger partial charge in [-0.25, -0.2) is 4.39 Å². The van der Waals surface area contributed by atoms with E-state index in [1.54, 1.807) is 24.5 Å². The second kappa shape index (κ2) is 9.69. The van der Waals surface area contributed by atoms with Crippen LogP contribution in [-0.4, -0.2) is 29.3 Å². The molecule has 3 aromatic rings. The highest BCUT2D eigenvalue weighted by molar-refractivity contribution is 9.10. The standard InChI is InChI=1S/C21H21BrFNO3/c22-17-7-9-19(10-8-17)27-15-18(25)13-24(14-20-5-3-11-26-20)12-16-4-1-2-6-21(16)23/h1-11,18,25H,12-15H2. The number of ether oxygens (including phenoxy) is 1. The Morgan fingerprint density at radius 1 is 1.04 bits per heavy atom. The zero-order chi connectivity index (χ0) is 19.1. The van der Waals surface area contributed by atoms with E-state index < -0.39 is 6.10 Å². The Morgan fingerprint density at radius 2 is 1.81 bits per heavy atom. The topological polar surface area (TPSA) is 45.8 Å². The molecule has 0 bridgehead atoms. The fourth-order valence-electron chi connectivity index (χ4n) is 2.75. The van der Waals surface area contributed by atoms with Gasteiger partial charge < -0.3 is 14.3 Å². The fraction of sp³-hybridized carbons (Fsp3) is 0.238. The highest BCUT2D eigenvalue weighted by atomic mass is 79.9. The van der Waals surface area contributed by atoms with Gasteiger partial charge in [0.1, 0.15) is 30.0 Å². The van der Waals surface area contributed by atoms with Gasteiger partial charge in [0.15, 0.2) is 0 Å². The first-order valence-corrected chi connectivity index (χ1v) is 9.44. The highest BCUT2D eigenvalue weighted by Gasteiger charge is 2.16. The van der Waals surface area contributed by atoms with E-state index in [0.29, 0.717) is 30.9 Å². The van der Waals surface area contributed by atoms with E-state index in [9.17, 15) is 9.50 Å². The Bertz CT molecular complexity index is 824. The van der Waals surface area contributed by atoms with Gasteiger partial charge >= 0.3 is 0 Å². The van der Waals surface area contributed by atoms with Crippen molar-refractivity contribution in [2.24, 2.45) is 0 Å². The van der Waals surface area contributed by atoms with Crippen LogP contribution >= 0.6 is 15.9 Å². The molecule has 0 aliphatic rings. The predicted octanol–water partition coefficient (Wildman–Crippen LogP) is 4.62. The molecule has 0 fully saturated rings. The molecule has 1 atom stereocenters. The van der Waals surface area contributed by atoms with Gasteiger partial charge in [0.05, 0.1) is 12.8 Å². The van der Waals surface area contributed by atoms with E-state index in [0.717, 1.165) is 10.2 Å². The smallest absolute Gasteiger partial charge is 0.127 e. The predicted molar refractivity (Wildman–Crippen MR) is 105 cm³/mol. The Hall–Kier alpha value is -2.15. The van der Waals surface area contributed by atoms with Crippen LogP contribution in [0, 0.1) is 5.82 Å². The molecule has 142 valence electrons. The van der Waals surface area contributed by atoms with Crippen LogP contribution in [0.25, 0.3) is 0 Å². The van der Waals surface area contributed by atoms with Crippen LogP contribution in [0.4, 0.5) is 4.39 Å². The number of aliphatic hydroxyl groups is 1. The summed E-state index contributed by atoms with van der Waals surface area (Å²) in [7, 11) is 0. The molecule has 1 heterocycles. The number of hydrogen-bond acceptors (Lipinski definition) is 4. The number of benzene rings is 2. The van der Waals surface area contributed by atoms with Crippen molar-refractivity contribution in [3.63, 3.8) is 0 Å². The van der Waals surface area contributed by atoms with Gasteiger partial charge in [-0.3, -0.25) is 4.90 Å². The summed E-state index contributed by atoms with van der Waals surface area (Å²) in [6, 6.07) is 17.7. The first-order valence-electron chi connectivity index (χ1n) is 8.65. The average Bonchev–Trinajstić information content (AvgIpc) is 3.16. The molecule has 2 aromatic carbocycles. The lowest BCUT2D eigenvalue weighted by Gasteiger charge is -2.24. The van der Waals surface area contributed by atoms with Gasteiger partial charge in [0, 0.05) is 23.1 Å². The maximum atomic E-state index is 14.0. The molecule has 1 unspecified atom stereocenters. The van der Waals surface area contributed by atoms with Crippen molar-refractivity contribution in [1.29, 1.82) is 0 Å². The molecule has 27 heavy (non-hydrogen) atoms. The molecule has 1 N–H and O–H groups in total. The summed E-state index contributed by atoms with van der Waals surface area (Å²) in [5, 5.41) is 10.4. The third-order valence-corrected chi connectivity index (χ3v) is 4.56. The highest BCUT2D eigenvalue weighted by Crippen LogP contribution is 2.17. The summed E-state index contributed by atoms with van der Waals surface area (Å²) in [6.45, 7) is 1.30. The van der Waals surface area contributed by atoms with Crippen molar-refractivity contribution in [3.05, 3.63) is 88.5 Å². The molecule has 0 saturated heterocycles. The monoisotopic (exact) mass is 433 g/mol. The zero-order valence-corrected chi connectivity index (χ0v) is 16.3. The molecule has 0 amide bonds. The van der Waals surface area contributed by atoms with Gasteiger partial charge in [-0.1, -0.05) is 34.1 Å². The third-order valence-electron chi connectivity index (χ3n) is 4.04. The minimum atomic E-state index is -0.726. The van der Waals surface area contributed by atoms with Gasteiger partial charge in [0.25, 0.3) is 0 Å². The van der Waals surface area contributed by atoms with Crippen LogP contribution in [0.15, 0.2) is 75.8 Å². The van der Waals surface area contributed by atoms with E-state index in [4.69, 9.17) is 9.15 Å². The number of halogens is 2. The van der Waals surface area contributed by atoms with E-state index in [1.807, 2.05) is 41.3 Å². The summed E-state index contributed by atoms with van der Waals surface area (Å²) in [5.41, 5.74) is 0.574. The minimum Gasteiger partial charge on any atom is -0.491 e. The van der Waals surface area contributed by atoms with Crippen LogP contribution < -0.4 is 4.74 Å². The first-order chi connectivity index (χ1) is 13.1. The van der Waals surface area contributed by atoms with Crippen molar-refractivity contribution in [2.45, 2.75) is 19.2 Å². The lowest BCUT2D eigenvalue weighted by molar-refractivity contribution is 0.0600. The van der Waals surface area contributed by atoms with Crippen LogP contribution in [0.2, 0.25) is 0 Å². The van der Waals surface area contributed by atoms with E-state index >= 15 is 0 Å². The van der Waals surface area contributed by atoms with Gasteiger partial charge in [-0.15, -0.1) is 0 Å². The van der Waals surface area contributed by atoms with Gasteiger partial charge in [-0.2, -0.15) is 0 Å². The maximum Gasteiger partial charge on any atom is 0.127 e. The number of aliphatic hydroxyl groups excluding tert-OH is 1. The molecular weight excluding hydrogens is 413 g/mol. The van der Waals surface area contributed by atoms with Crippen LogP contribution in [-0.2, 0) is 13.1 Å². The molecular formula is C21H21BrFNO3. The van der Waals surface area contributed by atoms with Gasteiger partial charge in [-0.05, 0) is 42.5 Å². The SMILES string of the molecule is OC(COc1ccc(Br)cc1)CN(Cc1ccco1)Cc1ccccc1F. The molecule has 0 aliphatic carbocycles. The van der Waals surface area contributed by atoms with Crippen molar-refractivity contribution in [1.82, 2.24) is 4.90 Å². The number of furan rings is 1. The van der Waals surface area contributed by atoms with Crippen LogP contribution in [0.1, 0.15) is 11.3 Å². The Kier molecular flexibility index (Phi) is 7.04. The summed E-state index contributed by atoms with van der Waals surface area (Å²) < 4.78 is 26.0. The van der Waals surface area contributed by atoms with E-state index in [-0.39, 0.29) is 12.4 Å². The first kappa shape index (κ1) is 19.6. The lowest BCUT2D eigenvalue weighted by atomic mass is 10.2. The normalized spacial score (nSPS) is 12.3. The van der Waals surface area contributed by atoms with E-state index in [1.165, 1.54) is 6.07 Å². The van der Waals surface area contributed by atoms with E-state index in [2.05, 4.69) is 15.9 Å². The van der Waals surface area contributed by atoms with Crippen molar-refractivity contribution >= 4 is 15.9 Å². The lowest BCUT2D eigenvalue weighted by Crippen LogP contribution is -2.35. The van der Waals surface area contributed by atoms with Crippen LogP contribution in [0.3, 0.4) is 0 Å². The molecule has 0 saturated carbocycles. The average molecular weight is 434 g/mol. The summed E-state index contributed by atoms with van der Waals surface area (Å²) in [4.78, 5) is 1.94. The molecule has 4 nitrogen and oxygen atoms in total. The molecule has 0 spiro atoms. The number of hydrogen-bond donors (Lipinski definition) is 1. The minimum absolute atomic E-state index is 0.146. The van der Waals surface area contributed by atoms with Crippen LogP contribution in [0.5, 0.6) is 5.75 Å². The second-order valence-electron chi connectivity index (χ2n) is 6.26. The quantitative estimate of drug-likeness (QED) is 0.534. The Balaban J connectivity index is 1.61. The fourth-order valence-corrected chi connectivity index (χ4v) is 3.01. The third kappa shape index (κ3) is 6.20. The number of nitrogens with zero attached hydrogens (tertiary/aromatic N) is 1. The summed E-state index contributed by atoms with van der Waals surface area (Å²) >= 11 is 3.37. The maximum absolute atomic E-state index is 14.0. The largest absolute Gasteiger partial charge is 0.491 e. The summed E-state index contributed by atoms with van der Waals surface area (Å²) in [6.07, 6.45) is 0.874. The van der Waals surface area contributed by atoms with Gasteiger partial charge in [0.2, 0.25) is 0 Å². The molecule has 0 aliphatic heterocycles. The van der Waals surface area contributed by atoms with Crippen molar-refractivity contribution in [2.75, 3.05) is 13.2 Å². The summed E-state index contributed by atoms with van der Waals surface area (Å²) in [5.74, 6) is 1.18. The van der Waals surface area contributed by atoms with Crippen molar-refractivity contribution < 1.29 is 18.7 Å². The molecule has 6 heteroatoms. The molecule has 0 radical (unpaired) electrons. The number of rotatable bonds is 9.